The predicted octanol–water partition coefficient (Wildman–Crippen LogP) is 7.81. The summed E-state index contributed by atoms with van der Waals surface area (Å²) in [6.45, 7) is 0. The average molecular weight is 413 g/mol. The fourth-order valence-electron chi connectivity index (χ4n) is 4.31. The second kappa shape index (κ2) is 7.05. The van der Waals surface area contributed by atoms with Gasteiger partial charge in [-0.05, 0) is 46.2 Å². The summed E-state index contributed by atoms with van der Waals surface area (Å²) in [5, 5.41) is 14.3. The zero-order chi connectivity index (χ0) is 20.8. The number of pyridine rings is 1. The molecule has 3 heteroatoms. The number of nitrogens with zero attached hydrogens (tertiary/aromatic N) is 2. The second-order valence-corrected chi connectivity index (χ2v) is 8.65. The highest BCUT2D eigenvalue weighted by atomic mass is 32.1. The highest BCUT2D eigenvalue weighted by molar-refractivity contribution is 7.26. The topological polar surface area (TPSA) is 36.7 Å². The first-order chi connectivity index (χ1) is 15.3. The summed E-state index contributed by atoms with van der Waals surface area (Å²) in [6.07, 6.45) is 1.70. The molecule has 0 N–H and O–H groups in total. The Morgan fingerprint density at radius 1 is 0.677 bits per heavy atom. The van der Waals surface area contributed by atoms with Crippen LogP contribution in [0.15, 0.2) is 97.2 Å². The van der Waals surface area contributed by atoms with Crippen molar-refractivity contribution in [2.75, 3.05) is 0 Å². The van der Waals surface area contributed by atoms with E-state index in [4.69, 9.17) is 0 Å². The molecule has 0 radical (unpaired) electrons. The summed E-state index contributed by atoms with van der Waals surface area (Å²) in [5.74, 6) is 0. The molecule has 4 aromatic carbocycles. The maximum Gasteiger partial charge on any atom is 0.0992 e. The minimum absolute atomic E-state index is 0.625. The van der Waals surface area contributed by atoms with Crippen molar-refractivity contribution in [3.63, 3.8) is 0 Å². The summed E-state index contributed by atoms with van der Waals surface area (Å²) in [7, 11) is 0. The number of hydrogen-bond acceptors (Lipinski definition) is 3. The molecule has 0 amide bonds. The van der Waals surface area contributed by atoms with Crippen molar-refractivity contribution in [3.8, 4) is 28.5 Å². The van der Waals surface area contributed by atoms with Gasteiger partial charge in [0.05, 0.1) is 17.3 Å². The van der Waals surface area contributed by atoms with Crippen LogP contribution in [-0.4, -0.2) is 4.98 Å². The quantitative estimate of drug-likeness (QED) is 0.291. The van der Waals surface area contributed by atoms with Crippen LogP contribution in [0.25, 0.3) is 53.3 Å². The molecule has 0 fully saturated rings. The Balaban J connectivity index is 1.64. The Kier molecular flexibility index (Phi) is 4.06. The molecule has 0 aliphatic carbocycles. The molecule has 31 heavy (non-hydrogen) atoms. The molecular weight excluding hydrogens is 396 g/mol. The highest BCUT2D eigenvalue weighted by Gasteiger charge is 2.14. The van der Waals surface area contributed by atoms with Crippen LogP contribution in [0.4, 0.5) is 0 Å². The van der Waals surface area contributed by atoms with Crippen molar-refractivity contribution in [3.05, 3.63) is 103 Å². The van der Waals surface area contributed by atoms with E-state index in [-0.39, 0.29) is 0 Å². The second-order valence-electron chi connectivity index (χ2n) is 7.56. The van der Waals surface area contributed by atoms with Gasteiger partial charge in [0.25, 0.3) is 0 Å². The van der Waals surface area contributed by atoms with E-state index >= 15 is 0 Å². The van der Waals surface area contributed by atoms with Gasteiger partial charge in [-0.25, -0.2) is 0 Å². The summed E-state index contributed by atoms with van der Waals surface area (Å²) in [6, 6.07) is 33.9. The minimum atomic E-state index is 0.625. The van der Waals surface area contributed by atoms with Gasteiger partial charge in [0.2, 0.25) is 0 Å². The minimum Gasteiger partial charge on any atom is -0.256 e. The summed E-state index contributed by atoms with van der Waals surface area (Å²) >= 11 is 1.81. The Bertz CT molecular complexity index is 1640. The van der Waals surface area contributed by atoms with Crippen LogP contribution in [0, 0.1) is 11.3 Å². The Labute approximate surface area is 183 Å². The van der Waals surface area contributed by atoms with Crippen LogP contribution in [-0.2, 0) is 0 Å². The molecule has 0 aliphatic rings. The highest BCUT2D eigenvalue weighted by Crippen LogP contribution is 2.43. The van der Waals surface area contributed by atoms with E-state index in [1.54, 1.807) is 12.3 Å². The number of hydrogen-bond donors (Lipinski definition) is 0. The number of aromatic nitrogens is 1. The molecule has 0 saturated carbocycles. The maximum absolute atomic E-state index is 9.22. The standard InChI is InChI=1S/C28H16N2S/c29-17-18-12-13-30-25(14-18)20-10-11-23-26(15-20)31-27-16-24(19-6-2-1-3-7-19)21-8-4-5-9-22(21)28(23)27/h1-16H. The van der Waals surface area contributed by atoms with Crippen LogP contribution in [0.5, 0.6) is 0 Å². The van der Waals surface area contributed by atoms with Gasteiger partial charge in [0, 0.05) is 31.9 Å². The first-order valence-corrected chi connectivity index (χ1v) is 10.9. The predicted molar refractivity (Wildman–Crippen MR) is 130 cm³/mol. The number of benzene rings is 4. The molecule has 6 aromatic rings. The SMILES string of the molecule is N#Cc1ccnc(-c2ccc3c(c2)sc2cc(-c4ccccc4)c4ccccc4c23)c1. The molecule has 0 atom stereocenters. The molecule has 0 unspecified atom stereocenters. The molecule has 0 spiro atoms. The average Bonchev–Trinajstić information content (AvgIpc) is 3.22. The Hall–Kier alpha value is -4.00. The van der Waals surface area contributed by atoms with Crippen molar-refractivity contribution < 1.29 is 0 Å². The first kappa shape index (κ1) is 17.8. The van der Waals surface area contributed by atoms with Crippen molar-refractivity contribution in [2.24, 2.45) is 0 Å². The fraction of sp³-hybridized carbons (Fsp3) is 0. The van der Waals surface area contributed by atoms with Gasteiger partial charge < -0.3 is 0 Å². The first-order valence-electron chi connectivity index (χ1n) is 10.1. The van der Waals surface area contributed by atoms with Gasteiger partial charge in [0.1, 0.15) is 0 Å². The molecule has 2 nitrogen and oxygen atoms in total. The van der Waals surface area contributed by atoms with E-state index in [2.05, 4.69) is 89.9 Å². The number of rotatable bonds is 2. The zero-order valence-electron chi connectivity index (χ0n) is 16.5. The van der Waals surface area contributed by atoms with E-state index < -0.39 is 0 Å². The molecule has 6 rings (SSSR count). The molecule has 2 heterocycles. The third-order valence-corrected chi connectivity index (χ3v) is 6.85. The fourth-order valence-corrected chi connectivity index (χ4v) is 5.52. The van der Waals surface area contributed by atoms with Gasteiger partial charge in [-0.3, -0.25) is 4.98 Å². The van der Waals surface area contributed by atoms with E-state index in [9.17, 15) is 5.26 Å². The molecule has 144 valence electrons. The van der Waals surface area contributed by atoms with Gasteiger partial charge in [0.15, 0.2) is 0 Å². The third kappa shape index (κ3) is 2.89. The summed E-state index contributed by atoms with van der Waals surface area (Å²) in [4.78, 5) is 4.48. The smallest absolute Gasteiger partial charge is 0.0992 e. The molecular formula is C28H16N2S. The summed E-state index contributed by atoms with van der Waals surface area (Å²) in [5.41, 5.74) is 4.98. The van der Waals surface area contributed by atoms with Crippen LogP contribution in [0.3, 0.4) is 0 Å². The van der Waals surface area contributed by atoms with E-state index in [1.165, 1.54) is 42.1 Å². The van der Waals surface area contributed by atoms with Crippen LogP contribution >= 0.6 is 11.3 Å². The van der Waals surface area contributed by atoms with E-state index in [0.29, 0.717) is 5.56 Å². The number of thiophene rings is 1. The van der Waals surface area contributed by atoms with Crippen LogP contribution in [0.1, 0.15) is 5.56 Å². The Morgan fingerprint density at radius 2 is 1.48 bits per heavy atom. The monoisotopic (exact) mass is 412 g/mol. The summed E-state index contributed by atoms with van der Waals surface area (Å²) < 4.78 is 2.51. The number of fused-ring (bicyclic) bond motifs is 5. The van der Waals surface area contributed by atoms with Gasteiger partial charge in [-0.15, -0.1) is 11.3 Å². The lowest BCUT2D eigenvalue weighted by Gasteiger charge is -2.09. The van der Waals surface area contributed by atoms with Crippen molar-refractivity contribution >= 4 is 42.3 Å². The van der Waals surface area contributed by atoms with Crippen molar-refractivity contribution in [1.29, 1.82) is 5.26 Å². The van der Waals surface area contributed by atoms with Gasteiger partial charge in [-0.2, -0.15) is 5.26 Å². The van der Waals surface area contributed by atoms with Crippen LogP contribution in [0.2, 0.25) is 0 Å². The third-order valence-electron chi connectivity index (χ3n) is 5.75. The van der Waals surface area contributed by atoms with Gasteiger partial charge >= 0.3 is 0 Å². The zero-order valence-corrected chi connectivity index (χ0v) is 17.4. The largest absolute Gasteiger partial charge is 0.256 e. The normalized spacial score (nSPS) is 11.2. The molecule has 2 aromatic heterocycles. The van der Waals surface area contributed by atoms with Crippen molar-refractivity contribution in [1.82, 2.24) is 4.98 Å². The lowest BCUT2D eigenvalue weighted by atomic mass is 9.95. The van der Waals surface area contributed by atoms with E-state index in [1.807, 2.05) is 17.4 Å². The lowest BCUT2D eigenvalue weighted by Crippen LogP contribution is -1.84. The molecule has 0 saturated heterocycles. The maximum atomic E-state index is 9.22. The van der Waals surface area contributed by atoms with Crippen molar-refractivity contribution in [2.45, 2.75) is 0 Å². The molecule has 0 bridgehead atoms. The Morgan fingerprint density at radius 3 is 2.32 bits per heavy atom. The molecule has 0 aliphatic heterocycles. The van der Waals surface area contributed by atoms with Crippen LogP contribution < -0.4 is 0 Å². The van der Waals surface area contributed by atoms with E-state index in [0.717, 1.165) is 11.3 Å². The van der Waals surface area contributed by atoms with Gasteiger partial charge in [-0.1, -0.05) is 66.7 Å². The number of nitriles is 1. The lowest BCUT2D eigenvalue weighted by molar-refractivity contribution is 1.31.